The highest BCUT2D eigenvalue weighted by atomic mass is 16.5. The number of ether oxygens (including phenoxy) is 1. The largest absolute Gasteiger partial charge is 0.385 e. The molecule has 0 spiro atoms. The molecule has 0 aliphatic carbocycles. The fourth-order valence-corrected chi connectivity index (χ4v) is 3.25. The van der Waals surface area contributed by atoms with E-state index in [1.54, 1.807) is 31.4 Å². The average molecular weight is 392 g/mol. The van der Waals surface area contributed by atoms with Crippen LogP contribution in [-0.4, -0.2) is 33.0 Å². The van der Waals surface area contributed by atoms with Gasteiger partial charge < -0.3 is 9.26 Å². The topological polar surface area (TPSA) is 92.2 Å². The molecular formula is C21H20N4O4. The third-order valence-corrected chi connectivity index (χ3v) is 4.66. The standard InChI is InChI=1S/C21H20N4O4/c1-28-13-7-12-24-20(26)16-10-5-6-11-17(16)25(21(24)27)14-18-22-19(23-29-18)15-8-3-2-4-9-15/h2-6,8-11H,7,12-14H2,1H3. The van der Waals surface area contributed by atoms with E-state index in [-0.39, 0.29) is 24.5 Å². The van der Waals surface area contributed by atoms with Crippen molar-refractivity contribution in [3.63, 3.8) is 0 Å². The summed E-state index contributed by atoms with van der Waals surface area (Å²) in [6, 6.07) is 16.5. The number of benzene rings is 2. The summed E-state index contributed by atoms with van der Waals surface area (Å²) in [6.45, 7) is 0.808. The predicted octanol–water partition coefficient (Wildman–Crippen LogP) is 2.30. The van der Waals surface area contributed by atoms with Crippen molar-refractivity contribution < 1.29 is 9.26 Å². The van der Waals surface area contributed by atoms with E-state index in [1.807, 2.05) is 30.3 Å². The fraction of sp³-hybridized carbons (Fsp3) is 0.238. The fourth-order valence-electron chi connectivity index (χ4n) is 3.25. The summed E-state index contributed by atoms with van der Waals surface area (Å²) >= 11 is 0. The zero-order valence-corrected chi connectivity index (χ0v) is 15.9. The van der Waals surface area contributed by atoms with E-state index < -0.39 is 5.69 Å². The summed E-state index contributed by atoms with van der Waals surface area (Å²) in [5, 5.41) is 4.47. The maximum absolute atomic E-state index is 13.1. The van der Waals surface area contributed by atoms with Gasteiger partial charge in [-0.05, 0) is 18.6 Å². The summed E-state index contributed by atoms with van der Waals surface area (Å²) < 4.78 is 13.1. The van der Waals surface area contributed by atoms with Crippen LogP contribution in [0, 0.1) is 0 Å². The molecule has 0 saturated carbocycles. The van der Waals surface area contributed by atoms with Crippen molar-refractivity contribution in [1.82, 2.24) is 19.3 Å². The second-order valence-corrected chi connectivity index (χ2v) is 6.57. The van der Waals surface area contributed by atoms with E-state index >= 15 is 0 Å². The lowest BCUT2D eigenvalue weighted by Crippen LogP contribution is -2.40. The Morgan fingerprint density at radius 2 is 1.76 bits per heavy atom. The van der Waals surface area contributed by atoms with Crippen molar-refractivity contribution in [2.45, 2.75) is 19.5 Å². The van der Waals surface area contributed by atoms with Crippen LogP contribution in [0.25, 0.3) is 22.3 Å². The Morgan fingerprint density at radius 1 is 1.00 bits per heavy atom. The number of hydrogen-bond acceptors (Lipinski definition) is 6. The summed E-state index contributed by atoms with van der Waals surface area (Å²) in [7, 11) is 1.58. The minimum Gasteiger partial charge on any atom is -0.385 e. The minimum atomic E-state index is -0.413. The van der Waals surface area contributed by atoms with Crippen molar-refractivity contribution in [2.24, 2.45) is 0 Å². The lowest BCUT2D eigenvalue weighted by atomic mass is 10.2. The number of methoxy groups -OCH3 is 1. The van der Waals surface area contributed by atoms with E-state index in [9.17, 15) is 9.59 Å². The van der Waals surface area contributed by atoms with Crippen LogP contribution in [0.15, 0.2) is 68.7 Å². The molecule has 0 saturated heterocycles. The zero-order valence-electron chi connectivity index (χ0n) is 15.9. The average Bonchev–Trinajstić information content (AvgIpc) is 3.23. The molecule has 0 atom stereocenters. The molecule has 0 aliphatic rings. The molecule has 8 heteroatoms. The van der Waals surface area contributed by atoms with E-state index in [1.165, 1.54) is 9.13 Å². The molecule has 4 aromatic rings. The Bertz CT molecular complexity index is 1240. The van der Waals surface area contributed by atoms with Crippen LogP contribution in [-0.2, 0) is 17.8 Å². The molecule has 0 unspecified atom stereocenters. The Hall–Kier alpha value is -3.52. The molecule has 0 radical (unpaired) electrons. The van der Waals surface area contributed by atoms with Crippen molar-refractivity contribution in [1.29, 1.82) is 0 Å². The molecule has 2 aromatic carbocycles. The van der Waals surface area contributed by atoms with Crippen LogP contribution < -0.4 is 11.2 Å². The molecule has 29 heavy (non-hydrogen) atoms. The number of nitrogens with zero attached hydrogens (tertiary/aromatic N) is 4. The first-order valence-electron chi connectivity index (χ1n) is 9.28. The van der Waals surface area contributed by atoms with Gasteiger partial charge in [-0.25, -0.2) is 4.79 Å². The quantitative estimate of drug-likeness (QED) is 0.448. The molecule has 0 N–H and O–H groups in total. The number of para-hydroxylation sites is 1. The molecule has 0 fully saturated rings. The summed E-state index contributed by atoms with van der Waals surface area (Å²) in [5.74, 6) is 0.740. The second-order valence-electron chi connectivity index (χ2n) is 6.57. The van der Waals surface area contributed by atoms with Crippen LogP contribution in [0.5, 0.6) is 0 Å². The van der Waals surface area contributed by atoms with Crippen molar-refractivity contribution in [3.8, 4) is 11.4 Å². The maximum Gasteiger partial charge on any atom is 0.331 e. The molecule has 8 nitrogen and oxygen atoms in total. The molecule has 2 aromatic heterocycles. The van der Waals surface area contributed by atoms with Gasteiger partial charge in [-0.15, -0.1) is 0 Å². The first-order chi connectivity index (χ1) is 14.2. The second kappa shape index (κ2) is 8.24. The molecule has 148 valence electrons. The molecular weight excluding hydrogens is 372 g/mol. The van der Waals surface area contributed by atoms with Gasteiger partial charge >= 0.3 is 5.69 Å². The molecule has 0 amide bonds. The number of rotatable bonds is 7. The van der Waals surface area contributed by atoms with Gasteiger partial charge in [0.05, 0.1) is 10.9 Å². The smallest absolute Gasteiger partial charge is 0.331 e. The summed E-state index contributed by atoms with van der Waals surface area (Å²) in [5.41, 5.74) is 0.631. The van der Waals surface area contributed by atoms with Crippen molar-refractivity contribution in [3.05, 3.63) is 81.3 Å². The third-order valence-electron chi connectivity index (χ3n) is 4.66. The minimum absolute atomic E-state index is 0.0732. The summed E-state index contributed by atoms with van der Waals surface area (Å²) in [6.07, 6.45) is 0.558. The zero-order chi connectivity index (χ0) is 20.2. The van der Waals surface area contributed by atoms with Gasteiger partial charge in [0.25, 0.3) is 5.56 Å². The van der Waals surface area contributed by atoms with Crippen molar-refractivity contribution >= 4 is 10.9 Å². The molecule has 4 rings (SSSR count). The number of hydrogen-bond donors (Lipinski definition) is 0. The van der Waals surface area contributed by atoms with Crippen LogP contribution in [0.1, 0.15) is 12.3 Å². The van der Waals surface area contributed by atoms with Crippen LogP contribution in [0.4, 0.5) is 0 Å². The van der Waals surface area contributed by atoms with Crippen LogP contribution in [0.2, 0.25) is 0 Å². The SMILES string of the molecule is COCCCn1c(=O)c2ccccc2n(Cc2nc(-c3ccccc3)no2)c1=O. The first kappa shape index (κ1) is 18.8. The Balaban J connectivity index is 1.76. The predicted molar refractivity (Wildman–Crippen MR) is 108 cm³/mol. The molecule has 0 bridgehead atoms. The van der Waals surface area contributed by atoms with Crippen LogP contribution >= 0.6 is 0 Å². The lowest BCUT2D eigenvalue weighted by molar-refractivity contribution is 0.189. The van der Waals surface area contributed by atoms with Gasteiger partial charge in [0, 0.05) is 25.8 Å². The number of fused-ring (bicyclic) bond motifs is 1. The third kappa shape index (κ3) is 3.74. The number of aromatic nitrogens is 4. The van der Waals surface area contributed by atoms with E-state index in [4.69, 9.17) is 9.26 Å². The Morgan fingerprint density at radius 3 is 2.55 bits per heavy atom. The molecule has 2 heterocycles. The van der Waals surface area contributed by atoms with Crippen molar-refractivity contribution in [2.75, 3.05) is 13.7 Å². The van der Waals surface area contributed by atoms with Gasteiger partial charge in [0.15, 0.2) is 0 Å². The highest BCUT2D eigenvalue weighted by Crippen LogP contribution is 2.16. The highest BCUT2D eigenvalue weighted by Gasteiger charge is 2.16. The van der Waals surface area contributed by atoms with Crippen LogP contribution in [0.3, 0.4) is 0 Å². The van der Waals surface area contributed by atoms with Gasteiger partial charge in [-0.3, -0.25) is 13.9 Å². The van der Waals surface area contributed by atoms with E-state index in [0.29, 0.717) is 29.8 Å². The lowest BCUT2D eigenvalue weighted by Gasteiger charge is -2.12. The van der Waals surface area contributed by atoms with E-state index in [0.717, 1.165) is 5.56 Å². The van der Waals surface area contributed by atoms with Gasteiger partial charge in [-0.1, -0.05) is 47.6 Å². The Labute approximate surface area is 166 Å². The molecule has 0 aliphatic heterocycles. The van der Waals surface area contributed by atoms with Gasteiger partial charge in [0.2, 0.25) is 11.7 Å². The summed E-state index contributed by atoms with van der Waals surface area (Å²) in [4.78, 5) is 30.3. The highest BCUT2D eigenvalue weighted by molar-refractivity contribution is 5.77. The normalized spacial score (nSPS) is 11.2. The monoisotopic (exact) mass is 392 g/mol. The van der Waals surface area contributed by atoms with Gasteiger partial charge in [0.1, 0.15) is 6.54 Å². The first-order valence-corrected chi connectivity index (χ1v) is 9.28. The Kier molecular flexibility index (Phi) is 5.35. The van der Waals surface area contributed by atoms with Gasteiger partial charge in [-0.2, -0.15) is 4.98 Å². The maximum atomic E-state index is 13.1. The van der Waals surface area contributed by atoms with E-state index in [2.05, 4.69) is 10.1 Å².